The van der Waals surface area contributed by atoms with E-state index in [1.54, 1.807) is 17.8 Å². The van der Waals surface area contributed by atoms with Gasteiger partial charge in [0, 0.05) is 12.6 Å². The molecular formula is C12H18N2O3. The van der Waals surface area contributed by atoms with E-state index in [4.69, 9.17) is 4.74 Å². The van der Waals surface area contributed by atoms with Gasteiger partial charge in [0.2, 0.25) is 0 Å². The van der Waals surface area contributed by atoms with Crippen LogP contribution in [0.15, 0.2) is 6.20 Å². The third-order valence-corrected chi connectivity index (χ3v) is 2.25. The second-order valence-electron chi connectivity index (χ2n) is 4.70. The zero-order valence-corrected chi connectivity index (χ0v) is 10.7. The Bertz CT molecular complexity index is 416. The van der Waals surface area contributed by atoms with E-state index in [2.05, 4.69) is 5.10 Å². The molecule has 0 spiro atoms. The van der Waals surface area contributed by atoms with Gasteiger partial charge in [0.1, 0.15) is 11.8 Å². The number of rotatable bonds is 4. The molecule has 17 heavy (non-hydrogen) atoms. The van der Waals surface area contributed by atoms with Crippen LogP contribution in [0.1, 0.15) is 43.7 Å². The fourth-order valence-corrected chi connectivity index (χ4v) is 1.36. The van der Waals surface area contributed by atoms with Crippen molar-refractivity contribution in [1.29, 1.82) is 0 Å². The van der Waals surface area contributed by atoms with Crippen LogP contribution in [0.4, 0.5) is 0 Å². The summed E-state index contributed by atoms with van der Waals surface area (Å²) in [4.78, 5) is 22.3. The highest BCUT2D eigenvalue weighted by molar-refractivity contribution is 5.91. The van der Waals surface area contributed by atoms with Crippen LogP contribution in [0.5, 0.6) is 0 Å². The third kappa shape index (κ3) is 3.15. The molecular weight excluding hydrogens is 220 g/mol. The van der Waals surface area contributed by atoms with Crippen LogP contribution < -0.4 is 0 Å². The summed E-state index contributed by atoms with van der Waals surface area (Å²) in [5.41, 5.74) is 0.602. The molecule has 0 saturated heterocycles. The Morgan fingerprint density at radius 2 is 2.18 bits per heavy atom. The molecule has 0 saturated carbocycles. The van der Waals surface area contributed by atoms with Gasteiger partial charge in [-0.2, -0.15) is 5.10 Å². The standard InChI is InChI=1S/C12H18N2O3/c1-5-17-11(16)9-8-14(12(2,3)4)13-10(9)6-7-15/h7-8H,5-6H2,1-4H3. The van der Waals surface area contributed by atoms with Crippen molar-refractivity contribution in [3.63, 3.8) is 0 Å². The first-order valence-electron chi connectivity index (χ1n) is 5.60. The van der Waals surface area contributed by atoms with E-state index >= 15 is 0 Å². The number of esters is 1. The molecule has 5 heteroatoms. The topological polar surface area (TPSA) is 61.2 Å². The Hall–Kier alpha value is -1.65. The highest BCUT2D eigenvalue weighted by atomic mass is 16.5. The smallest absolute Gasteiger partial charge is 0.341 e. The lowest BCUT2D eigenvalue weighted by Crippen LogP contribution is -2.22. The van der Waals surface area contributed by atoms with E-state index < -0.39 is 5.97 Å². The Kier molecular flexibility index (Phi) is 4.04. The number of carbonyl (C=O) groups is 2. The molecule has 0 unspecified atom stereocenters. The fraction of sp³-hybridized carbons (Fsp3) is 0.583. The van der Waals surface area contributed by atoms with E-state index in [-0.39, 0.29) is 12.0 Å². The molecule has 0 N–H and O–H groups in total. The van der Waals surface area contributed by atoms with Gasteiger partial charge in [-0.05, 0) is 27.7 Å². The second-order valence-corrected chi connectivity index (χ2v) is 4.70. The summed E-state index contributed by atoms with van der Waals surface area (Å²) in [6, 6.07) is 0. The maximum atomic E-state index is 11.7. The van der Waals surface area contributed by atoms with Crippen molar-refractivity contribution in [3.05, 3.63) is 17.5 Å². The predicted octanol–water partition coefficient (Wildman–Crippen LogP) is 1.56. The number of hydrogen-bond donors (Lipinski definition) is 0. The third-order valence-electron chi connectivity index (χ3n) is 2.25. The van der Waals surface area contributed by atoms with Gasteiger partial charge in [-0.3, -0.25) is 4.68 Å². The van der Waals surface area contributed by atoms with Crippen LogP contribution in [0.3, 0.4) is 0 Å². The SMILES string of the molecule is CCOC(=O)c1cn(C(C)(C)C)nc1CC=O. The molecule has 1 aromatic rings. The number of carbonyl (C=O) groups excluding carboxylic acids is 2. The van der Waals surface area contributed by atoms with Crippen molar-refractivity contribution in [2.75, 3.05) is 6.61 Å². The average Bonchev–Trinajstić information content (AvgIpc) is 2.62. The van der Waals surface area contributed by atoms with Crippen molar-refractivity contribution in [2.24, 2.45) is 0 Å². The van der Waals surface area contributed by atoms with Gasteiger partial charge in [0.05, 0.1) is 17.8 Å². The van der Waals surface area contributed by atoms with Crippen LogP contribution in [0.2, 0.25) is 0 Å². The van der Waals surface area contributed by atoms with Gasteiger partial charge >= 0.3 is 5.97 Å². The Morgan fingerprint density at radius 3 is 2.65 bits per heavy atom. The van der Waals surface area contributed by atoms with Gasteiger partial charge in [-0.25, -0.2) is 4.79 Å². The Labute approximate surface area is 101 Å². The Balaban J connectivity index is 3.13. The minimum Gasteiger partial charge on any atom is -0.462 e. The van der Waals surface area contributed by atoms with E-state index in [9.17, 15) is 9.59 Å². The van der Waals surface area contributed by atoms with Crippen LogP contribution in [-0.2, 0) is 21.5 Å². The molecule has 0 atom stereocenters. The minimum atomic E-state index is -0.431. The average molecular weight is 238 g/mol. The van der Waals surface area contributed by atoms with Gasteiger partial charge in [0.15, 0.2) is 0 Å². The number of hydrogen-bond acceptors (Lipinski definition) is 4. The lowest BCUT2D eigenvalue weighted by molar-refractivity contribution is -0.107. The van der Waals surface area contributed by atoms with E-state index in [1.807, 2.05) is 20.8 Å². The molecule has 0 aromatic carbocycles. The normalized spacial score (nSPS) is 11.3. The van der Waals surface area contributed by atoms with Crippen LogP contribution >= 0.6 is 0 Å². The van der Waals surface area contributed by atoms with Gasteiger partial charge < -0.3 is 9.53 Å². The largest absolute Gasteiger partial charge is 0.462 e. The first-order valence-corrected chi connectivity index (χ1v) is 5.60. The van der Waals surface area contributed by atoms with E-state index in [0.717, 1.165) is 6.29 Å². The molecule has 0 aliphatic carbocycles. The molecule has 0 bridgehead atoms. The molecule has 0 aliphatic heterocycles. The lowest BCUT2D eigenvalue weighted by atomic mass is 10.1. The molecule has 1 aromatic heterocycles. The molecule has 0 aliphatic rings. The van der Waals surface area contributed by atoms with E-state index in [0.29, 0.717) is 17.9 Å². The quantitative estimate of drug-likeness (QED) is 0.590. The predicted molar refractivity (Wildman–Crippen MR) is 62.9 cm³/mol. The maximum absolute atomic E-state index is 11.7. The summed E-state index contributed by atoms with van der Waals surface area (Å²) in [5.74, 6) is -0.431. The molecule has 1 heterocycles. The van der Waals surface area contributed by atoms with Crippen molar-refractivity contribution >= 4 is 12.3 Å². The Morgan fingerprint density at radius 1 is 1.53 bits per heavy atom. The lowest BCUT2D eigenvalue weighted by Gasteiger charge is -2.18. The number of ether oxygens (including phenoxy) is 1. The summed E-state index contributed by atoms with van der Waals surface area (Å²) >= 11 is 0. The first-order chi connectivity index (χ1) is 7.90. The first kappa shape index (κ1) is 13.4. The maximum Gasteiger partial charge on any atom is 0.341 e. The molecule has 0 radical (unpaired) electrons. The van der Waals surface area contributed by atoms with Crippen LogP contribution in [0, 0.1) is 0 Å². The molecule has 5 nitrogen and oxygen atoms in total. The van der Waals surface area contributed by atoms with Crippen LogP contribution in [-0.4, -0.2) is 28.6 Å². The zero-order valence-electron chi connectivity index (χ0n) is 10.7. The molecule has 0 fully saturated rings. The van der Waals surface area contributed by atoms with Crippen molar-refractivity contribution in [1.82, 2.24) is 9.78 Å². The van der Waals surface area contributed by atoms with E-state index in [1.165, 1.54) is 0 Å². The van der Waals surface area contributed by atoms with Gasteiger partial charge in [-0.1, -0.05) is 0 Å². The van der Waals surface area contributed by atoms with Gasteiger partial charge in [-0.15, -0.1) is 0 Å². The summed E-state index contributed by atoms with van der Waals surface area (Å²) in [6.45, 7) is 7.96. The molecule has 0 amide bonds. The fourth-order valence-electron chi connectivity index (χ4n) is 1.36. The summed E-state index contributed by atoms with van der Waals surface area (Å²) in [7, 11) is 0. The monoisotopic (exact) mass is 238 g/mol. The zero-order chi connectivity index (χ0) is 13.1. The highest BCUT2D eigenvalue weighted by Gasteiger charge is 2.22. The van der Waals surface area contributed by atoms with Crippen molar-refractivity contribution in [2.45, 2.75) is 39.7 Å². The summed E-state index contributed by atoms with van der Waals surface area (Å²) in [6.07, 6.45) is 2.49. The summed E-state index contributed by atoms with van der Waals surface area (Å²) < 4.78 is 6.61. The highest BCUT2D eigenvalue weighted by Crippen LogP contribution is 2.17. The van der Waals surface area contributed by atoms with Crippen molar-refractivity contribution in [3.8, 4) is 0 Å². The molecule has 1 rings (SSSR count). The van der Waals surface area contributed by atoms with Crippen LogP contribution in [0.25, 0.3) is 0 Å². The number of aromatic nitrogens is 2. The second kappa shape index (κ2) is 5.12. The number of nitrogens with zero attached hydrogens (tertiary/aromatic N) is 2. The number of aldehydes is 1. The van der Waals surface area contributed by atoms with Gasteiger partial charge in [0.25, 0.3) is 0 Å². The summed E-state index contributed by atoms with van der Waals surface area (Å²) in [5, 5.41) is 4.26. The minimum absolute atomic E-state index is 0.122. The molecule has 94 valence electrons. The van der Waals surface area contributed by atoms with Crippen molar-refractivity contribution < 1.29 is 14.3 Å².